The molecule has 0 saturated carbocycles. The van der Waals surface area contributed by atoms with Crippen molar-refractivity contribution in [2.45, 2.75) is 25.8 Å². The monoisotopic (exact) mass is 305 g/mol. The second-order valence-electron chi connectivity index (χ2n) is 4.90. The number of amides is 4. The normalized spacial score (nSPS) is 20.9. The van der Waals surface area contributed by atoms with E-state index >= 15 is 0 Å². The molecule has 4 amide bonds. The van der Waals surface area contributed by atoms with E-state index in [1.165, 1.54) is 0 Å². The molecule has 1 aromatic carbocycles. The Bertz CT molecular complexity index is 575. The van der Waals surface area contributed by atoms with Gasteiger partial charge in [0.15, 0.2) is 0 Å². The number of urea groups is 1. The Labute approximate surface area is 128 Å². The highest BCUT2D eigenvalue weighted by Gasteiger charge is 2.51. The lowest BCUT2D eigenvalue weighted by atomic mass is 9.87. The standard InChI is InChI=1S/C15H19N3O4/c1-3-15(11-8-6-5-7-9-11)13(20)18(14(21)16-15)10-12(19)17-22-4-2/h5-9H,3-4,10H2,1-2H3,(H,16,21)(H,17,19)/t15-/m0/s1. The smallest absolute Gasteiger partial charge is 0.319 e. The number of benzene rings is 1. The largest absolute Gasteiger partial charge is 0.325 e. The first-order chi connectivity index (χ1) is 10.5. The van der Waals surface area contributed by atoms with Gasteiger partial charge in [0.2, 0.25) is 0 Å². The Kier molecular flexibility index (Phi) is 4.77. The molecular weight excluding hydrogens is 286 g/mol. The van der Waals surface area contributed by atoms with Crippen LogP contribution in [0.5, 0.6) is 0 Å². The zero-order valence-corrected chi connectivity index (χ0v) is 12.6. The maximum absolute atomic E-state index is 12.7. The van der Waals surface area contributed by atoms with Crippen LogP contribution in [-0.4, -0.2) is 35.9 Å². The molecule has 1 heterocycles. The second-order valence-corrected chi connectivity index (χ2v) is 4.90. The lowest BCUT2D eigenvalue weighted by Gasteiger charge is -2.25. The van der Waals surface area contributed by atoms with Gasteiger partial charge in [0.05, 0.1) is 6.61 Å². The van der Waals surface area contributed by atoms with E-state index in [4.69, 9.17) is 4.84 Å². The van der Waals surface area contributed by atoms with Gasteiger partial charge in [0, 0.05) is 0 Å². The quantitative estimate of drug-likeness (QED) is 0.604. The lowest BCUT2D eigenvalue weighted by Crippen LogP contribution is -2.44. The predicted molar refractivity (Wildman–Crippen MR) is 78.4 cm³/mol. The fraction of sp³-hybridized carbons (Fsp3) is 0.400. The second kappa shape index (κ2) is 6.57. The summed E-state index contributed by atoms with van der Waals surface area (Å²) >= 11 is 0. The summed E-state index contributed by atoms with van der Waals surface area (Å²) in [6, 6.07) is 8.42. The number of hydrogen-bond donors (Lipinski definition) is 2. The molecule has 1 saturated heterocycles. The van der Waals surface area contributed by atoms with Crippen molar-refractivity contribution in [3.63, 3.8) is 0 Å². The first-order valence-corrected chi connectivity index (χ1v) is 7.15. The third-order valence-electron chi connectivity index (χ3n) is 3.60. The van der Waals surface area contributed by atoms with Gasteiger partial charge >= 0.3 is 6.03 Å². The van der Waals surface area contributed by atoms with Crippen LogP contribution in [0.4, 0.5) is 4.79 Å². The van der Waals surface area contributed by atoms with E-state index in [1.54, 1.807) is 31.2 Å². The highest BCUT2D eigenvalue weighted by molar-refractivity contribution is 6.09. The van der Waals surface area contributed by atoms with Crippen LogP contribution in [0.25, 0.3) is 0 Å². The van der Waals surface area contributed by atoms with Crippen molar-refractivity contribution < 1.29 is 19.2 Å². The van der Waals surface area contributed by atoms with Crippen molar-refractivity contribution in [3.8, 4) is 0 Å². The van der Waals surface area contributed by atoms with E-state index in [9.17, 15) is 14.4 Å². The van der Waals surface area contributed by atoms with Crippen LogP contribution in [0.15, 0.2) is 30.3 Å². The molecule has 1 fully saturated rings. The van der Waals surface area contributed by atoms with Crippen LogP contribution >= 0.6 is 0 Å². The molecule has 118 valence electrons. The number of nitrogens with zero attached hydrogens (tertiary/aromatic N) is 1. The molecule has 1 aromatic rings. The Hall–Kier alpha value is -2.41. The Morgan fingerprint density at radius 1 is 1.27 bits per heavy atom. The van der Waals surface area contributed by atoms with Gasteiger partial charge in [0.1, 0.15) is 12.1 Å². The Morgan fingerprint density at radius 2 is 1.95 bits per heavy atom. The summed E-state index contributed by atoms with van der Waals surface area (Å²) in [5, 5.41) is 2.71. The van der Waals surface area contributed by atoms with Crippen molar-refractivity contribution in [3.05, 3.63) is 35.9 Å². The molecular formula is C15H19N3O4. The summed E-state index contributed by atoms with van der Waals surface area (Å²) in [7, 11) is 0. The predicted octanol–water partition coefficient (Wildman–Crippen LogP) is 0.911. The highest BCUT2D eigenvalue weighted by Crippen LogP contribution is 2.32. The summed E-state index contributed by atoms with van der Waals surface area (Å²) in [5.74, 6) is -0.983. The van der Waals surface area contributed by atoms with Crippen molar-refractivity contribution in [1.82, 2.24) is 15.7 Å². The minimum absolute atomic E-state index is 0.300. The molecule has 2 N–H and O–H groups in total. The molecule has 7 heteroatoms. The van der Waals surface area contributed by atoms with Crippen LogP contribution in [0.3, 0.4) is 0 Å². The molecule has 0 bridgehead atoms. The lowest BCUT2D eigenvalue weighted by molar-refractivity contribution is -0.140. The van der Waals surface area contributed by atoms with Crippen LogP contribution < -0.4 is 10.8 Å². The molecule has 0 radical (unpaired) electrons. The van der Waals surface area contributed by atoms with E-state index in [2.05, 4.69) is 10.8 Å². The number of hydroxylamine groups is 1. The van der Waals surface area contributed by atoms with Crippen LogP contribution in [0.2, 0.25) is 0 Å². The first-order valence-electron chi connectivity index (χ1n) is 7.15. The molecule has 22 heavy (non-hydrogen) atoms. The summed E-state index contributed by atoms with van der Waals surface area (Å²) in [5.41, 5.74) is 1.75. The van der Waals surface area contributed by atoms with E-state index < -0.39 is 23.4 Å². The van der Waals surface area contributed by atoms with E-state index in [1.807, 2.05) is 13.0 Å². The summed E-state index contributed by atoms with van der Waals surface area (Å²) in [4.78, 5) is 42.2. The number of carbonyl (C=O) groups is 3. The average molecular weight is 305 g/mol. The van der Waals surface area contributed by atoms with Crippen molar-refractivity contribution >= 4 is 17.8 Å². The fourth-order valence-electron chi connectivity index (χ4n) is 2.46. The Balaban J connectivity index is 2.22. The summed E-state index contributed by atoms with van der Waals surface area (Å²) < 4.78 is 0. The molecule has 1 aliphatic rings. The molecule has 1 atom stereocenters. The summed E-state index contributed by atoms with van der Waals surface area (Å²) in [6.45, 7) is 3.45. The van der Waals surface area contributed by atoms with E-state index in [0.717, 1.165) is 4.90 Å². The zero-order chi connectivity index (χ0) is 16.2. The van der Waals surface area contributed by atoms with Crippen LogP contribution in [0, 0.1) is 0 Å². The van der Waals surface area contributed by atoms with Gasteiger partial charge in [-0.3, -0.25) is 19.3 Å². The maximum Gasteiger partial charge on any atom is 0.325 e. The van der Waals surface area contributed by atoms with Gasteiger partial charge < -0.3 is 5.32 Å². The topological polar surface area (TPSA) is 87.7 Å². The molecule has 2 rings (SSSR count). The molecule has 0 spiro atoms. The molecule has 7 nitrogen and oxygen atoms in total. The fourth-order valence-corrected chi connectivity index (χ4v) is 2.46. The van der Waals surface area contributed by atoms with Gasteiger partial charge in [-0.2, -0.15) is 0 Å². The third-order valence-corrected chi connectivity index (χ3v) is 3.60. The van der Waals surface area contributed by atoms with Crippen molar-refractivity contribution in [2.24, 2.45) is 0 Å². The van der Waals surface area contributed by atoms with Crippen LogP contribution in [0.1, 0.15) is 25.8 Å². The SMILES string of the molecule is CCONC(=O)CN1C(=O)N[C@@](CC)(c2ccccc2)C1=O. The van der Waals surface area contributed by atoms with Crippen molar-refractivity contribution in [2.75, 3.05) is 13.2 Å². The number of hydrogen-bond acceptors (Lipinski definition) is 4. The number of rotatable bonds is 6. The molecule has 0 aliphatic carbocycles. The van der Waals surface area contributed by atoms with Gasteiger partial charge in [-0.15, -0.1) is 0 Å². The molecule has 0 unspecified atom stereocenters. The summed E-state index contributed by atoms with van der Waals surface area (Å²) in [6.07, 6.45) is 0.394. The molecule has 1 aliphatic heterocycles. The van der Waals surface area contributed by atoms with Crippen molar-refractivity contribution in [1.29, 1.82) is 0 Å². The van der Waals surface area contributed by atoms with Gasteiger partial charge in [-0.05, 0) is 18.9 Å². The van der Waals surface area contributed by atoms with Gasteiger partial charge in [-0.25, -0.2) is 10.3 Å². The number of imide groups is 1. The highest BCUT2D eigenvalue weighted by atomic mass is 16.6. The zero-order valence-electron chi connectivity index (χ0n) is 12.6. The van der Waals surface area contributed by atoms with E-state index in [-0.39, 0.29) is 6.54 Å². The van der Waals surface area contributed by atoms with Gasteiger partial charge in [-0.1, -0.05) is 37.3 Å². The van der Waals surface area contributed by atoms with E-state index in [0.29, 0.717) is 18.6 Å². The Morgan fingerprint density at radius 3 is 2.55 bits per heavy atom. The minimum Gasteiger partial charge on any atom is -0.319 e. The third kappa shape index (κ3) is 2.80. The van der Waals surface area contributed by atoms with Crippen LogP contribution in [-0.2, 0) is 20.0 Å². The minimum atomic E-state index is -1.12. The number of nitrogens with one attached hydrogen (secondary N) is 2. The van der Waals surface area contributed by atoms with Gasteiger partial charge in [0.25, 0.3) is 11.8 Å². The first kappa shape index (κ1) is 16.0. The number of carbonyl (C=O) groups excluding carboxylic acids is 3. The average Bonchev–Trinajstić information content (AvgIpc) is 2.79. The maximum atomic E-state index is 12.7. The molecule has 0 aromatic heterocycles.